The van der Waals surface area contributed by atoms with Gasteiger partial charge in [0.25, 0.3) is 0 Å². The molecule has 2 atom stereocenters. The van der Waals surface area contributed by atoms with Crippen LogP contribution in [0.3, 0.4) is 0 Å². The molecule has 0 radical (unpaired) electrons. The van der Waals surface area contributed by atoms with E-state index in [1.54, 1.807) is 6.92 Å². The van der Waals surface area contributed by atoms with Crippen molar-refractivity contribution in [3.63, 3.8) is 0 Å². The van der Waals surface area contributed by atoms with Crippen molar-refractivity contribution in [2.45, 2.75) is 44.7 Å². The zero-order valence-electron chi connectivity index (χ0n) is 10.2. The minimum Gasteiger partial charge on any atom is -0.340 e. The maximum Gasteiger partial charge on any atom is 0.239 e. The van der Waals surface area contributed by atoms with E-state index >= 15 is 0 Å². The summed E-state index contributed by atoms with van der Waals surface area (Å²) in [5.74, 6) is 0.115. The molecule has 4 heteroatoms. The minimum atomic E-state index is -0.350. The van der Waals surface area contributed by atoms with Gasteiger partial charge in [-0.3, -0.25) is 9.69 Å². The molecular formula is C12H23N3O. The molecule has 2 N–H and O–H groups in total. The molecule has 0 spiro atoms. The van der Waals surface area contributed by atoms with Crippen molar-refractivity contribution in [1.82, 2.24) is 9.80 Å². The van der Waals surface area contributed by atoms with Gasteiger partial charge in [0.05, 0.1) is 6.04 Å². The van der Waals surface area contributed by atoms with E-state index in [9.17, 15) is 4.79 Å². The molecule has 2 rings (SSSR count). The van der Waals surface area contributed by atoms with Crippen molar-refractivity contribution in [2.75, 3.05) is 26.2 Å². The van der Waals surface area contributed by atoms with Crippen molar-refractivity contribution in [3.8, 4) is 0 Å². The van der Waals surface area contributed by atoms with Crippen LogP contribution in [0.2, 0.25) is 0 Å². The lowest BCUT2D eigenvalue weighted by Crippen LogP contribution is -2.52. The monoisotopic (exact) mass is 225 g/mol. The van der Waals surface area contributed by atoms with Crippen LogP contribution in [0.15, 0.2) is 0 Å². The zero-order chi connectivity index (χ0) is 11.5. The summed E-state index contributed by atoms with van der Waals surface area (Å²) >= 11 is 0. The van der Waals surface area contributed by atoms with Gasteiger partial charge in [0.2, 0.25) is 5.91 Å². The molecule has 0 aliphatic carbocycles. The number of carbonyl (C=O) groups is 1. The lowest BCUT2D eigenvalue weighted by atomic mass is 10.0. The van der Waals surface area contributed by atoms with Crippen LogP contribution in [0.5, 0.6) is 0 Å². The predicted octanol–water partition coefficient (Wildman–Crippen LogP) is 0.420. The molecule has 2 aliphatic heterocycles. The molecule has 0 aromatic rings. The van der Waals surface area contributed by atoms with E-state index < -0.39 is 0 Å². The Labute approximate surface area is 97.8 Å². The van der Waals surface area contributed by atoms with Crippen LogP contribution in [0, 0.1) is 0 Å². The van der Waals surface area contributed by atoms with Crippen molar-refractivity contribution >= 4 is 5.91 Å². The molecule has 2 aliphatic rings. The van der Waals surface area contributed by atoms with Crippen LogP contribution in [-0.2, 0) is 4.79 Å². The zero-order valence-corrected chi connectivity index (χ0v) is 10.2. The molecule has 92 valence electrons. The van der Waals surface area contributed by atoms with E-state index in [4.69, 9.17) is 5.73 Å². The van der Waals surface area contributed by atoms with Gasteiger partial charge < -0.3 is 10.6 Å². The van der Waals surface area contributed by atoms with Crippen LogP contribution in [-0.4, -0.2) is 54.0 Å². The quantitative estimate of drug-likeness (QED) is 0.741. The van der Waals surface area contributed by atoms with Crippen LogP contribution < -0.4 is 5.73 Å². The number of hydrogen-bond acceptors (Lipinski definition) is 3. The molecule has 2 saturated heterocycles. The van der Waals surface area contributed by atoms with Crippen LogP contribution >= 0.6 is 0 Å². The standard InChI is InChI=1S/C12H23N3O/c1-10(13)12(16)15-8-4-5-11(9-15)14-6-2-3-7-14/h10-11H,2-9,13H2,1H3/t10-,11?/m1/s1. The molecule has 2 heterocycles. The van der Waals surface area contributed by atoms with E-state index in [0.717, 1.165) is 19.5 Å². The Balaban J connectivity index is 1.90. The summed E-state index contributed by atoms with van der Waals surface area (Å²) in [7, 11) is 0. The molecule has 16 heavy (non-hydrogen) atoms. The second-order valence-electron chi connectivity index (χ2n) is 5.11. The van der Waals surface area contributed by atoms with Crippen molar-refractivity contribution in [1.29, 1.82) is 0 Å². The van der Waals surface area contributed by atoms with Gasteiger partial charge in [-0.15, -0.1) is 0 Å². The first-order valence-electron chi connectivity index (χ1n) is 6.47. The van der Waals surface area contributed by atoms with Gasteiger partial charge in [0.1, 0.15) is 0 Å². The smallest absolute Gasteiger partial charge is 0.239 e. The molecule has 0 bridgehead atoms. The number of hydrogen-bond donors (Lipinski definition) is 1. The van der Waals surface area contributed by atoms with Gasteiger partial charge >= 0.3 is 0 Å². The largest absolute Gasteiger partial charge is 0.340 e. The lowest BCUT2D eigenvalue weighted by Gasteiger charge is -2.38. The highest BCUT2D eigenvalue weighted by Crippen LogP contribution is 2.20. The normalized spacial score (nSPS) is 29.4. The van der Waals surface area contributed by atoms with Crippen molar-refractivity contribution in [3.05, 3.63) is 0 Å². The number of piperidine rings is 1. The number of amides is 1. The maximum atomic E-state index is 11.8. The maximum absolute atomic E-state index is 11.8. The van der Waals surface area contributed by atoms with E-state index in [-0.39, 0.29) is 11.9 Å². The number of nitrogens with two attached hydrogens (primary N) is 1. The molecule has 0 aromatic heterocycles. The second-order valence-corrected chi connectivity index (χ2v) is 5.11. The first-order chi connectivity index (χ1) is 7.68. The fourth-order valence-corrected chi connectivity index (χ4v) is 2.85. The molecule has 0 aromatic carbocycles. The van der Waals surface area contributed by atoms with Gasteiger partial charge in [-0.1, -0.05) is 0 Å². The van der Waals surface area contributed by atoms with Crippen LogP contribution in [0.1, 0.15) is 32.6 Å². The van der Waals surface area contributed by atoms with Gasteiger partial charge in [0, 0.05) is 19.1 Å². The van der Waals surface area contributed by atoms with E-state index in [1.165, 1.54) is 32.4 Å². The summed E-state index contributed by atoms with van der Waals surface area (Å²) in [6.07, 6.45) is 5.00. The highest BCUT2D eigenvalue weighted by molar-refractivity contribution is 5.81. The summed E-state index contributed by atoms with van der Waals surface area (Å²) < 4.78 is 0. The third-order valence-corrected chi connectivity index (χ3v) is 3.75. The summed E-state index contributed by atoms with van der Waals surface area (Å²) in [4.78, 5) is 16.3. The number of nitrogens with zero attached hydrogens (tertiary/aromatic N) is 2. The Morgan fingerprint density at radius 1 is 1.25 bits per heavy atom. The molecule has 4 nitrogen and oxygen atoms in total. The Hall–Kier alpha value is -0.610. The Kier molecular flexibility index (Phi) is 3.82. The summed E-state index contributed by atoms with van der Waals surface area (Å²) in [6.45, 7) is 5.99. The minimum absolute atomic E-state index is 0.115. The average Bonchev–Trinajstić information content (AvgIpc) is 2.81. The topological polar surface area (TPSA) is 49.6 Å². The van der Waals surface area contributed by atoms with Crippen molar-refractivity contribution in [2.24, 2.45) is 5.73 Å². The van der Waals surface area contributed by atoms with Crippen molar-refractivity contribution < 1.29 is 4.79 Å². The third kappa shape index (κ3) is 2.55. The summed E-state index contributed by atoms with van der Waals surface area (Å²) in [5, 5.41) is 0. The lowest BCUT2D eigenvalue weighted by molar-refractivity contribution is -0.134. The summed E-state index contributed by atoms with van der Waals surface area (Å²) in [5.41, 5.74) is 5.66. The first kappa shape index (κ1) is 11.9. The van der Waals surface area contributed by atoms with Crippen LogP contribution in [0.4, 0.5) is 0 Å². The number of likely N-dealkylation sites (tertiary alicyclic amines) is 2. The Morgan fingerprint density at radius 3 is 2.56 bits per heavy atom. The molecular weight excluding hydrogens is 202 g/mol. The average molecular weight is 225 g/mol. The predicted molar refractivity (Wildman–Crippen MR) is 64.1 cm³/mol. The fraction of sp³-hybridized carbons (Fsp3) is 0.917. The molecule has 2 fully saturated rings. The number of carbonyl (C=O) groups excluding carboxylic acids is 1. The highest BCUT2D eigenvalue weighted by Gasteiger charge is 2.29. The SMILES string of the molecule is C[C@@H](N)C(=O)N1CCCC(N2CCCC2)C1. The molecule has 1 unspecified atom stereocenters. The third-order valence-electron chi connectivity index (χ3n) is 3.75. The van der Waals surface area contributed by atoms with Crippen LogP contribution in [0.25, 0.3) is 0 Å². The van der Waals surface area contributed by atoms with Gasteiger partial charge in [-0.25, -0.2) is 0 Å². The van der Waals surface area contributed by atoms with E-state index in [2.05, 4.69) is 4.90 Å². The van der Waals surface area contributed by atoms with E-state index in [1.807, 2.05) is 4.90 Å². The Bertz CT molecular complexity index is 249. The summed E-state index contributed by atoms with van der Waals surface area (Å²) in [6, 6.07) is 0.233. The fourth-order valence-electron chi connectivity index (χ4n) is 2.85. The molecule has 0 saturated carbocycles. The van der Waals surface area contributed by atoms with E-state index in [0.29, 0.717) is 6.04 Å². The number of rotatable bonds is 2. The molecule has 1 amide bonds. The Morgan fingerprint density at radius 2 is 1.94 bits per heavy atom. The first-order valence-corrected chi connectivity index (χ1v) is 6.47. The van der Waals surface area contributed by atoms with Gasteiger partial charge in [-0.05, 0) is 45.7 Å². The second kappa shape index (κ2) is 5.15. The van der Waals surface area contributed by atoms with Gasteiger partial charge in [0.15, 0.2) is 0 Å². The van der Waals surface area contributed by atoms with Gasteiger partial charge in [-0.2, -0.15) is 0 Å². The highest BCUT2D eigenvalue weighted by atomic mass is 16.2.